The van der Waals surface area contributed by atoms with Crippen molar-refractivity contribution in [3.8, 4) is 5.75 Å². The molecule has 0 saturated carbocycles. The molecule has 7 nitrogen and oxygen atoms in total. The van der Waals surface area contributed by atoms with Crippen LogP contribution in [-0.2, 0) is 22.5 Å². The van der Waals surface area contributed by atoms with Crippen molar-refractivity contribution < 1.29 is 24.2 Å². The van der Waals surface area contributed by atoms with E-state index in [1.54, 1.807) is 19.2 Å². The summed E-state index contributed by atoms with van der Waals surface area (Å²) in [4.78, 5) is 27.2. The molecule has 0 unspecified atom stereocenters. The molecule has 0 aliphatic carbocycles. The molecule has 3 rings (SSSR count). The van der Waals surface area contributed by atoms with Gasteiger partial charge in [-0.3, -0.25) is 0 Å². The standard InChI is InChI=1S/C24H30N2O5/c1-3-4-14-31-23(28)21-22(27)20(15-17-8-6-5-7-9-17)25-24(29)26(21)16-18-10-12-19(30-2)13-11-18/h5-13,20-22,27H,3-4,14-16H2,1-2H3,(H,25,29)/t20-,21-,22-/m0/s1. The first-order chi connectivity index (χ1) is 15.0. The lowest BCUT2D eigenvalue weighted by molar-refractivity contribution is -0.155. The fourth-order valence-corrected chi connectivity index (χ4v) is 3.66. The second kappa shape index (κ2) is 10.8. The summed E-state index contributed by atoms with van der Waals surface area (Å²) in [7, 11) is 1.58. The Morgan fingerprint density at radius 3 is 2.45 bits per heavy atom. The summed E-state index contributed by atoms with van der Waals surface area (Å²) >= 11 is 0. The second-order valence-corrected chi connectivity index (χ2v) is 7.68. The number of aliphatic hydroxyl groups is 1. The summed E-state index contributed by atoms with van der Waals surface area (Å²) in [6.45, 7) is 2.43. The number of hydrogen-bond donors (Lipinski definition) is 2. The summed E-state index contributed by atoms with van der Waals surface area (Å²) in [6.07, 6.45) is 0.924. The Morgan fingerprint density at radius 2 is 1.81 bits per heavy atom. The van der Waals surface area contributed by atoms with Gasteiger partial charge in [-0.25, -0.2) is 9.59 Å². The molecule has 3 atom stereocenters. The summed E-state index contributed by atoms with van der Waals surface area (Å²) < 4.78 is 10.6. The van der Waals surface area contributed by atoms with Crippen LogP contribution in [0.15, 0.2) is 54.6 Å². The molecular weight excluding hydrogens is 396 g/mol. The first-order valence-electron chi connectivity index (χ1n) is 10.6. The topological polar surface area (TPSA) is 88.1 Å². The Morgan fingerprint density at radius 1 is 1.10 bits per heavy atom. The van der Waals surface area contributed by atoms with Crippen molar-refractivity contribution in [3.63, 3.8) is 0 Å². The van der Waals surface area contributed by atoms with Crippen LogP contribution in [0.4, 0.5) is 4.79 Å². The van der Waals surface area contributed by atoms with Crippen molar-refractivity contribution in [2.75, 3.05) is 13.7 Å². The summed E-state index contributed by atoms with van der Waals surface area (Å²) in [5.41, 5.74) is 1.78. The fourth-order valence-electron chi connectivity index (χ4n) is 3.66. The lowest BCUT2D eigenvalue weighted by Crippen LogP contribution is -2.67. The quantitative estimate of drug-likeness (QED) is 0.476. The Balaban J connectivity index is 1.81. The number of rotatable bonds is 9. The molecule has 1 heterocycles. The highest BCUT2D eigenvalue weighted by molar-refractivity contribution is 5.86. The molecule has 7 heteroatoms. The van der Waals surface area contributed by atoms with Gasteiger partial charge in [0, 0.05) is 6.54 Å². The van der Waals surface area contributed by atoms with Crippen LogP contribution in [0.2, 0.25) is 0 Å². The van der Waals surface area contributed by atoms with Gasteiger partial charge in [0.1, 0.15) is 11.9 Å². The molecule has 2 aromatic rings. The number of nitrogens with one attached hydrogen (secondary N) is 1. The number of carbonyl (C=O) groups is 2. The third-order valence-corrected chi connectivity index (χ3v) is 5.44. The van der Waals surface area contributed by atoms with Crippen LogP contribution in [0.3, 0.4) is 0 Å². The normalized spacial score (nSPS) is 20.8. The zero-order chi connectivity index (χ0) is 22.2. The Bertz CT molecular complexity index is 856. The third kappa shape index (κ3) is 5.76. The molecule has 0 radical (unpaired) electrons. The molecule has 2 N–H and O–H groups in total. The van der Waals surface area contributed by atoms with Crippen molar-refractivity contribution in [2.24, 2.45) is 0 Å². The molecule has 0 spiro atoms. The monoisotopic (exact) mass is 426 g/mol. The highest BCUT2D eigenvalue weighted by atomic mass is 16.5. The van der Waals surface area contributed by atoms with Gasteiger partial charge in [0.05, 0.1) is 19.8 Å². The Labute approximate surface area is 183 Å². The lowest BCUT2D eigenvalue weighted by Gasteiger charge is -2.42. The van der Waals surface area contributed by atoms with Gasteiger partial charge in [-0.05, 0) is 36.1 Å². The molecule has 31 heavy (non-hydrogen) atoms. The van der Waals surface area contributed by atoms with E-state index in [0.29, 0.717) is 12.2 Å². The maximum atomic E-state index is 13.0. The van der Waals surface area contributed by atoms with Crippen LogP contribution < -0.4 is 10.1 Å². The molecule has 166 valence electrons. The van der Waals surface area contributed by atoms with E-state index in [1.165, 1.54) is 4.90 Å². The maximum absolute atomic E-state index is 13.0. The minimum atomic E-state index is -1.11. The van der Waals surface area contributed by atoms with Gasteiger partial charge in [0.2, 0.25) is 0 Å². The van der Waals surface area contributed by atoms with Crippen molar-refractivity contribution in [3.05, 3.63) is 65.7 Å². The molecule has 2 aromatic carbocycles. The van der Waals surface area contributed by atoms with Gasteiger partial charge in [-0.2, -0.15) is 0 Å². The second-order valence-electron chi connectivity index (χ2n) is 7.68. The zero-order valence-electron chi connectivity index (χ0n) is 18.0. The smallest absolute Gasteiger partial charge is 0.331 e. The third-order valence-electron chi connectivity index (χ3n) is 5.44. The van der Waals surface area contributed by atoms with E-state index in [0.717, 1.165) is 24.0 Å². The average Bonchev–Trinajstić information content (AvgIpc) is 2.78. The van der Waals surface area contributed by atoms with Crippen molar-refractivity contribution in [1.82, 2.24) is 10.2 Å². The lowest BCUT2D eigenvalue weighted by atomic mass is 9.93. The molecule has 1 fully saturated rings. The highest BCUT2D eigenvalue weighted by Gasteiger charge is 2.45. The van der Waals surface area contributed by atoms with E-state index in [-0.39, 0.29) is 13.2 Å². The van der Waals surface area contributed by atoms with E-state index in [2.05, 4.69) is 5.32 Å². The van der Waals surface area contributed by atoms with Crippen molar-refractivity contribution in [1.29, 1.82) is 0 Å². The molecule has 1 aliphatic rings. The minimum Gasteiger partial charge on any atom is -0.497 e. The number of aliphatic hydroxyl groups excluding tert-OH is 1. The molecule has 1 aliphatic heterocycles. The first kappa shape index (κ1) is 22.6. The number of unbranched alkanes of at least 4 members (excludes halogenated alkanes) is 1. The minimum absolute atomic E-state index is 0.165. The SMILES string of the molecule is CCCCOC(=O)[C@@H]1[C@@H](O)[C@H](Cc2ccccc2)NC(=O)N1Cc1ccc(OC)cc1. The zero-order valence-corrected chi connectivity index (χ0v) is 18.0. The van der Waals surface area contributed by atoms with Gasteiger partial charge in [-0.15, -0.1) is 0 Å². The van der Waals surface area contributed by atoms with Gasteiger partial charge in [-0.1, -0.05) is 55.8 Å². The van der Waals surface area contributed by atoms with E-state index in [4.69, 9.17) is 9.47 Å². The predicted molar refractivity (Wildman–Crippen MR) is 117 cm³/mol. The van der Waals surface area contributed by atoms with E-state index in [9.17, 15) is 14.7 Å². The summed E-state index contributed by atoms with van der Waals surface area (Å²) in [6, 6.07) is 14.7. The van der Waals surface area contributed by atoms with E-state index < -0.39 is 30.2 Å². The predicted octanol–water partition coefficient (Wildman–Crippen LogP) is 2.90. The van der Waals surface area contributed by atoms with E-state index in [1.807, 2.05) is 49.4 Å². The summed E-state index contributed by atoms with van der Waals surface area (Å²) in [5.74, 6) is 0.118. The van der Waals surface area contributed by atoms with Crippen LogP contribution in [0.25, 0.3) is 0 Å². The summed E-state index contributed by atoms with van der Waals surface area (Å²) in [5, 5.41) is 14.0. The van der Waals surface area contributed by atoms with Gasteiger partial charge < -0.3 is 24.8 Å². The number of hydrogen-bond acceptors (Lipinski definition) is 5. The molecule has 2 amide bonds. The number of urea groups is 1. The Hall–Kier alpha value is -3.06. The van der Waals surface area contributed by atoms with Crippen LogP contribution >= 0.6 is 0 Å². The Kier molecular flexibility index (Phi) is 7.89. The van der Waals surface area contributed by atoms with Gasteiger partial charge >= 0.3 is 12.0 Å². The van der Waals surface area contributed by atoms with Crippen LogP contribution in [0, 0.1) is 0 Å². The van der Waals surface area contributed by atoms with Crippen LogP contribution in [-0.4, -0.2) is 53.9 Å². The fraction of sp³-hybridized carbons (Fsp3) is 0.417. The highest BCUT2D eigenvalue weighted by Crippen LogP contribution is 2.23. The van der Waals surface area contributed by atoms with Crippen molar-refractivity contribution >= 4 is 12.0 Å². The number of methoxy groups -OCH3 is 1. The van der Waals surface area contributed by atoms with Gasteiger partial charge in [0.15, 0.2) is 6.04 Å². The number of benzene rings is 2. The number of amides is 2. The van der Waals surface area contributed by atoms with Crippen LogP contribution in [0.1, 0.15) is 30.9 Å². The largest absolute Gasteiger partial charge is 0.497 e. The number of nitrogens with zero attached hydrogens (tertiary/aromatic N) is 1. The first-order valence-corrected chi connectivity index (χ1v) is 10.6. The number of ether oxygens (including phenoxy) is 2. The maximum Gasteiger partial charge on any atom is 0.331 e. The number of esters is 1. The number of carbonyl (C=O) groups excluding carboxylic acids is 2. The molecule has 0 aromatic heterocycles. The molecule has 0 bridgehead atoms. The molecule has 1 saturated heterocycles. The van der Waals surface area contributed by atoms with Crippen molar-refractivity contribution in [2.45, 2.75) is 50.9 Å². The molecular formula is C24H30N2O5. The van der Waals surface area contributed by atoms with Crippen LogP contribution in [0.5, 0.6) is 5.75 Å². The van der Waals surface area contributed by atoms with Gasteiger partial charge in [0.25, 0.3) is 0 Å². The average molecular weight is 427 g/mol. The van der Waals surface area contributed by atoms with E-state index >= 15 is 0 Å².